The third kappa shape index (κ3) is 2.33. The SMILES string of the molecule is Cc1cccc2c(NC3CCNCC3)n[nH]c(=O)c12. The first-order chi connectivity index (χ1) is 9.25. The fourth-order valence-corrected chi connectivity index (χ4v) is 2.66. The Labute approximate surface area is 111 Å². The predicted molar refractivity (Wildman–Crippen MR) is 76.6 cm³/mol. The van der Waals surface area contributed by atoms with Gasteiger partial charge in [-0.1, -0.05) is 18.2 Å². The van der Waals surface area contributed by atoms with Gasteiger partial charge in [0, 0.05) is 11.4 Å². The van der Waals surface area contributed by atoms with Gasteiger partial charge in [-0.2, -0.15) is 5.10 Å². The van der Waals surface area contributed by atoms with Gasteiger partial charge in [-0.25, -0.2) is 5.10 Å². The molecule has 1 aliphatic rings. The highest BCUT2D eigenvalue weighted by Crippen LogP contribution is 2.22. The van der Waals surface area contributed by atoms with E-state index in [-0.39, 0.29) is 5.56 Å². The molecule has 1 aromatic carbocycles. The monoisotopic (exact) mass is 258 g/mol. The van der Waals surface area contributed by atoms with Crippen LogP contribution in [0.15, 0.2) is 23.0 Å². The molecule has 100 valence electrons. The molecule has 1 fully saturated rings. The zero-order valence-electron chi connectivity index (χ0n) is 11.0. The summed E-state index contributed by atoms with van der Waals surface area (Å²) in [6.45, 7) is 4.00. The second-order valence-corrected chi connectivity index (χ2v) is 5.07. The van der Waals surface area contributed by atoms with Crippen molar-refractivity contribution >= 4 is 16.6 Å². The molecular weight excluding hydrogens is 240 g/mol. The number of benzene rings is 1. The zero-order valence-corrected chi connectivity index (χ0v) is 11.0. The van der Waals surface area contributed by atoms with E-state index in [9.17, 15) is 4.79 Å². The molecule has 2 heterocycles. The third-order valence-corrected chi connectivity index (χ3v) is 3.70. The molecule has 3 N–H and O–H groups in total. The van der Waals surface area contributed by atoms with Crippen molar-refractivity contribution in [3.63, 3.8) is 0 Å². The smallest absolute Gasteiger partial charge is 0.272 e. The van der Waals surface area contributed by atoms with E-state index >= 15 is 0 Å². The second-order valence-electron chi connectivity index (χ2n) is 5.07. The molecule has 0 radical (unpaired) electrons. The molecule has 0 unspecified atom stereocenters. The number of fused-ring (bicyclic) bond motifs is 1. The minimum Gasteiger partial charge on any atom is -0.365 e. The van der Waals surface area contributed by atoms with Crippen LogP contribution in [-0.4, -0.2) is 29.3 Å². The normalized spacial score (nSPS) is 16.7. The van der Waals surface area contributed by atoms with Crippen LogP contribution >= 0.6 is 0 Å². The number of hydrogen-bond acceptors (Lipinski definition) is 4. The summed E-state index contributed by atoms with van der Waals surface area (Å²) in [7, 11) is 0. The molecule has 0 atom stereocenters. The van der Waals surface area contributed by atoms with Crippen LogP contribution in [0.2, 0.25) is 0 Å². The first-order valence-corrected chi connectivity index (χ1v) is 6.71. The Bertz CT molecular complexity index is 643. The first kappa shape index (κ1) is 12.2. The number of anilines is 1. The first-order valence-electron chi connectivity index (χ1n) is 6.71. The van der Waals surface area contributed by atoms with E-state index in [1.54, 1.807) is 0 Å². The minimum absolute atomic E-state index is 0.121. The van der Waals surface area contributed by atoms with Gasteiger partial charge in [0.25, 0.3) is 5.56 Å². The zero-order chi connectivity index (χ0) is 13.2. The molecule has 0 bridgehead atoms. The van der Waals surface area contributed by atoms with Crippen molar-refractivity contribution in [1.82, 2.24) is 15.5 Å². The van der Waals surface area contributed by atoms with Gasteiger partial charge in [0.15, 0.2) is 5.82 Å². The molecule has 0 aliphatic carbocycles. The van der Waals surface area contributed by atoms with Crippen molar-refractivity contribution in [2.45, 2.75) is 25.8 Å². The van der Waals surface area contributed by atoms with E-state index in [4.69, 9.17) is 0 Å². The number of aryl methyl sites for hydroxylation is 1. The highest BCUT2D eigenvalue weighted by Gasteiger charge is 2.15. The van der Waals surface area contributed by atoms with Crippen LogP contribution in [0.4, 0.5) is 5.82 Å². The number of aromatic nitrogens is 2. The van der Waals surface area contributed by atoms with Crippen molar-refractivity contribution < 1.29 is 0 Å². The predicted octanol–water partition coefficient (Wildman–Crippen LogP) is 1.40. The van der Waals surface area contributed by atoms with E-state index < -0.39 is 0 Å². The molecule has 19 heavy (non-hydrogen) atoms. The maximum Gasteiger partial charge on any atom is 0.272 e. The summed E-state index contributed by atoms with van der Waals surface area (Å²) in [6, 6.07) is 6.29. The summed E-state index contributed by atoms with van der Waals surface area (Å²) in [5.41, 5.74) is 0.860. The van der Waals surface area contributed by atoms with Gasteiger partial charge in [0.1, 0.15) is 0 Å². The lowest BCUT2D eigenvalue weighted by atomic mass is 10.1. The standard InChI is InChI=1S/C14H18N4O/c1-9-3-2-4-11-12(9)14(19)18-17-13(11)16-10-5-7-15-8-6-10/h2-4,10,15H,5-8H2,1H3,(H,16,17)(H,18,19). The lowest BCUT2D eigenvalue weighted by molar-refractivity contribution is 0.478. The van der Waals surface area contributed by atoms with Crippen molar-refractivity contribution in [2.24, 2.45) is 0 Å². The van der Waals surface area contributed by atoms with Gasteiger partial charge in [-0.05, 0) is 38.4 Å². The second kappa shape index (κ2) is 5.01. The Morgan fingerprint density at radius 3 is 2.89 bits per heavy atom. The number of nitrogens with one attached hydrogen (secondary N) is 3. The number of aromatic amines is 1. The average molecular weight is 258 g/mol. The quantitative estimate of drug-likeness (QED) is 0.761. The fraction of sp³-hybridized carbons (Fsp3) is 0.429. The minimum atomic E-state index is -0.121. The van der Waals surface area contributed by atoms with Gasteiger partial charge >= 0.3 is 0 Å². The van der Waals surface area contributed by atoms with Crippen LogP contribution in [0.5, 0.6) is 0 Å². The Morgan fingerprint density at radius 2 is 2.11 bits per heavy atom. The number of hydrogen-bond donors (Lipinski definition) is 3. The van der Waals surface area contributed by atoms with E-state index in [2.05, 4.69) is 20.8 Å². The van der Waals surface area contributed by atoms with Crippen LogP contribution < -0.4 is 16.2 Å². The van der Waals surface area contributed by atoms with Gasteiger partial charge < -0.3 is 10.6 Å². The van der Waals surface area contributed by atoms with Crippen molar-refractivity contribution in [2.75, 3.05) is 18.4 Å². The topological polar surface area (TPSA) is 69.8 Å². The molecule has 5 heteroatoms. The van der Waals surface area contributed by atoms with E-state index in [0.29, 0.717) is 6.04 Å². The molecule has 5 nitrogen and oxygen atoms in total. The Morgan fingerprint density at radius 1 is 1.32 bits per heavy atom. The van der Waals surface area contributed by atoms with Crippen molar-refractivity contribution in [3.8, 4) is 0 Å². The largest absolute Gasteiger partial charge is 0.365 e. The highest BCUT2D eigenvalue weighted by molar-refractivity contribution is 5.93. The van der Waals surface area contributed by atoms with Gasteiger partial charge in [-0.3, -0.25) is 4.79 Å². The molecule has 3 rings (SSSR count). The number of nitrogens with zero attached hydrogens (tertiary/aromatic N) is 1. The van der Waals surface area contributed by atoms with Crippen LogP contribution in [0.1, 0.15) is 18.4 Å². The Hall–Kier alpha value is -1.88. The maximum absolute atomic E-state index is 11.9. The molecule has 1 saturated heterocycles. The highest BCUT2D eigenvalue weighted by atomic mass is 16.1. The van der Waals surface area contributed by atoms with Gasteiger partial charge in [0.05, 0.1) is 5.39 Å². The number of H-pyrrole nitrogens is 1. The molecule has 1 aliphatic heterocycles. The molecular formula is C14H18N4O. The number of piperidine rings is 1. The summed E-state index contributed by atoms with van der Waals surface area (Å²) < 4.78 is 0. The molecule has 0 spiro atoms. The van der Waals surface area contributed by atoms with Gasteiger partial charge in [0.2, 0.25) is 0 Å². The lowest BCUT2D eigenvalue weighted by Crippen LogP contribution is -2.35. The van der Waals surface area contributed by atoms with Crippen LogP contribution in [0.3, 0.4) is 0 Å². The van der Waals surface area contributed by atoms with Crippen LogP contribution in [0, 0.1) is 6.92 Å². The summed E-state index contributed by atoms with van der Waals surface area (Å²) in [5.74, 6) is 0.783. The van der Waals surface area contributed by atoms with Crippen LogP contribution in [0.25, 0.3) is 10.8 Å². The third-order valence-electron chi connectivity index (χ3n) is 3.70. The number of rotatable bonds is 2. The van der Waals surface area contributed by atoms with Gasteiger partial charge in [-0.15, -0.1) is 0 Å². The maximum atomic E-state index is 11.9. The molecule has 0 saturated carbocycles. The summed E-state index contributed by atoms with van der Waals surface area (Å²) >= 11 is 0. The van der Waals surface area contributed by atoms with E-state index in [1.807, 2.05) is 25.1 Å². The summed E-state index contributed by atoms with van der Waals surface area (Å²) in [5, 5.41) is 15.2. The molecule has 0 amide bonds. The van der Waals surface area contributed by atoms with E-state index in [1.165, 1.54) is 0 Å². The molecule has 1 aromatic heterocycles. The summed E-state index contributed by atoms with van der Waals surface area (Å²) in [4.78, 5) is 11.9. The average Bonchev–Trinajstić information content (AvgIpc) is 2.43. The molecule has 2 aromatic rings. The summed E-state index contributed by atoms with van der Waals surface area (Å²) in [6.07, 6.45) is 2.15. The van der Waals surface area contributed by atoms with Crippen LogP contribution in [-0.2, 0) is 0 Å². The van der Waals surface area contributed by atoms with Crippen molar-refractivity contribution in [3.05, 3.63) is 34.1 Å². The Kier molecular flexibility index (Phi) is 3.21. The van der Waals surface area contributed by atoms with Crippen molar-refractivity contribution in [1.29, 1.82) is 0 Å². The van der Waals surface area contributed by atoms with E-state index in [0.717, 1.165) is 48.1 Å². The Balaban J connectivity index is 2.02. The lowest BCUT2D eigenvalue weighted by Gasteiger charge is -2.24. The fourth-order valence-electron chi connectivity index (χ4n) is 2.66.